The van der Waals surface area contributed by atoms with Crippen LogP contribution in [0.4, 0.5) is 0 Å². The first-order chi connectivity index (χ1) is 15.7. The molecule has 1 amide bonds. The third-order valence-corrected chi connectivity index (χ3v) is 7.73. The molecular weight excluding hydrogens is 442 g/mol. The van der Waals surface area contributed by atoms with Crippen LogP contribution in [0.2, 0.25) is 0 Å². The van der Waals surface area contributed by atoms with Crippen molar-refractivity contribution in [2.75, 3.05) is 26.0 Å². The van der Waals surface area contributed by atoms with Crippen LogP contribution in [0.25, 0.3) is 15.9 Å². The van der Waals surface area contributed by atoms with Crippen LogP contribution in [0.15, 0.2) is 60.0 Å². The summed E-state index contributed by atoms with van der Waals surface area (Å²) in [5.41, 5.74) is 1.95. The molecule has 0 saturated carbocycles. The summed E-state index contributed by atoms with van der Waals surface area (Å²) >= 11 is 3.15. The van der Waals surface area contributed by atoms with Crippen LogP contribution in [-0.2, 0) is 4.79 Å². The zero-order valence-corrected chi connectivity index (χ0v) is 19.3. The molecule has 5 rings (SSSR count). The number of fused-ring (bicyclic) bond motifs is 1. The van der Waals surface area contributed by atoms with Gasteiger partial charge in [0.2, 0.25) is 5.91 Å². The second-order valence-electron chi connectivity index (χ2n) is 7.67. The van der Waals surface area contributed by atoms with Gasteiger partial charge in [0.1, 0.15) is 12.1 Å². The number of piperidine rings is 1. The zero-order chi connectivity index (χ0) is 21.9. The summed E-state index contributed by atoms with van der Waals surface area (Å²) in [6, 6.07) is 15.9. The van der Waals surface area contributed by atoms with Crippen molar-refractivity contribution in [1.29, 1.82) is 0 Å². The normalized spacial score (nSPS) is 16.4. The average molecular weight is 466 g/mol. The van der Waals surface area contributed by atoms with E-state index in [1.807, 2.05) is 45.9 Å². The molecule has 1 aliphatic rings. The van der Waals surface area contributed by atoms with E-state index in [0.29, 0.717) is 16.8 Å². The molecule has 32 heavy (non-hydrogen) atoms. The number of thioether (sulfide) groups is 1. The number of methoxy groups -OCH3 is 1. The quantitative estimate of drug-likeness (QED) is 0.394. The van der Waals surface area contributed by atoms with Crippen LogP contribution in [0.1, 0.15) is 23.8 Å². The first-order valence-electron chi connectivity index (χ1n) is 10.5. The molecule has 1 saturated heterocycles. The topological polar surface area (TPSA) is 73.1 Å². The number of likely N-dealkylation sites (tertiary alicyclic amines) is 1. The largest absolute Gasteiger partial charge is 0.497 e. The molecule has 0 unspecified atom stereocenters. The van der Waals surface area contributed by atoms with E-state index in [0.717, 1.165) is 47.9 Å². The number of benzene rings is 2. The number of carbonyl (C=O) groups excluding carboxylic acids is 1. The van der Waals surface area contributed by atoms with Crippen LogP contribution in [0.3, 0.4) is 0 Å². The predicted molar refractivity (Wildman–Crippen MR) is 127 cm³/mol. The Labute approximate surface area is 194 Å². The summed E-state index contributed by atoms with van der Waals surface area (Å²) < 4.78 is 8.39. The lowest BCUT2D eigenvalue weighted by Gasteiger charge is -2.31. The summed E-state index contributed by atoms with van der Waals surface area (Å²) in [5.74, 6) is 1.52. The van der Waals surface area contributed by atoms with Crippen LogP contribution in [0.5, 0.6) is 5.75 Å². The van der Waals surface area contributed by atoms with E-state index in [2.05, 4.69) is 22.3 Å². The maximum absolute atomic E-state index is 13.0. The second kappa shape index (κ2) is 9.30. The molecule has 0 N–H and O–H groups in total. The first-order valence-corrected chi connectivity index (χ1v) is 12.3. The monoisotopic (exact) mass is 465 g/mol. The third kappa shape index (κ3) is 4.35. The number of rotatable bonds is 6. The van der Waals surface area contributed by atoms with Crippen molar-refractivity contribution < 1.29 is 9.53 Å². The van der Waals surface area contributed by atoms with Gasteiger partial charge in [0.05, 0.1) is 33.8 Å². The molecule has 0 bridgehead atoms. The summed E-state index contributed by atoms with van der Waals surface area (Å²) in [6.45, 7) is 1.52. The van der Waals surface area contributed by atoms with E-state index in [4.69, 9.17) is 9.72 Å². The highest BCUT2D eigenvalue weighted by Crippen LogP contribution is 2.33. The Bertz CT molecular complexity index is 1200. The van der Waals surface area contributed by atoms with Crippen molar-refractivity contribution >= 4 is 39.2 Å². The Morgan fingerprint density at radius 2 is 2.16 bits per heavy atom. The number of amides is 1. The summed E-state index contributed by atoms with van der Waals surface area (Å²) in [5, 5.41) is 10.1. The highest BCUT2D eigenvalue weighted by Gasteiger charge is 2.27. The van der Waals surface area contributed by atoms with Crippen LogP contribution >= 0.6 is 23.1 Å². The lowest BCUT2D eigenvalue weighted by atomic mass is 9.99. The summed E-state index contributed by atoms with van der Waals surface area (Å²) in [4.78, 5) is 19.8. The van der Waals surface area contributed by atoms with E-state index in [-0.39, 0.29) is 5.91 Å². The Morgan fingerprint density at radius 1 is 1.25 bits per heavy atom. The van der Waals surface area contributed by atoms with E-state index in [1.54, 1.807) is 24.8 Å². The highest BCUT2D eigenvalue weighted by molar-refractivity contribution is 7.99. The van der Waals surface area contributed by atoms with E-state index in [1.165, 1.54) is 16.5 Å². The van der Waals surface area contributed by atoms with Gasteiger partial charge in [-0.3, -0.25) is 9.36 Å². The van der Waals surface area contributed by atoms with E-state index in [9.17, 15) is 4.79 Å². The lowest BCUT2D eigenvalue weighted by molar-refractivity contribution is -0.129. The van der Waals surface area contributed by atoms with Gasteiger partial charge in [0, 0.05) is 25.1 Å². The first kappa shape index (κ1) is 21.0. The molecule has 1 atom stereocenters. The van der Waals surface area contributed by atoms with Gasteiger partial charge in [0.25, 0.3) is 0 Å². The van der Waals surface area contributed by atoms with Gasteiger partial charge in [0.15, 0.2) is 5.16 Å². The number of hydrogen-bond acceptors (Lipinski definition) is 7. The predicted octanol–water partition coefficient (Wildman–Crippen LogP) is 4.38. The van der Waals surface area contributed by atoms with Crippen molar-refractivity contribution in [2.24, 2.45) is 0 Å². The SMILES string of the molecule is COc1cccc(-n2cnnc2SCC(=O)N2CCC[C@@H](c3nc4ccccc4s3)C2)c1. The summed E-state index contributed by atoms with van der Waals surface area (Å²) in [7, 11) is 1.64. The number of hydrogen-bond donors (Lipinski definition) is 0. The van der Waals surface area contributed by atoms with Crippen molar-refractivity contribution in [1.82, 2.24) is 24.6 Å². The molecule has 0 spiro atoms. The van der Waals surface area contributed by atoms with Crippen molar-refractivity contribution in [3.63, 3.8) is 0 Å². The van der Waals surface area contributed by atoms with Crippen molar-refractivity contribution in [3.05, 3.63) is 59.9 Å². The van der Waals surface area contributed by atoms with Gasteiger partial charge in [-0.15, -0.1) is 21.5 Å². The minimum atomic E-state index is 0.126. The van der Waals surface area contributed by atoms with Gasteiger partial charge >= 0.3 is 0 Å². The molecular formula is C23H23N5O2S2. The highest BCUT2D eigenvalue weighted by atomic mass is 32.2. The van der Waals surface area contributed by atoms with Gasteiger partial charge in [-0.25, -0.2) is 4.98 Å². The molecule has 2 aromatic heterocycles. The Morgan fingerprint density at radius 3 is 3.03 bits per heavy atom. The fourth-order valence-electron chi connectivity index (χ4n) is 3.95. The summed E-state index contributed by atoms with van der Waals surface area (Å²) in [6.07, 6.45) is 3.73. The zero-order valence-electron chi connectivity index (χ0n) is 17.7. The fraction of sp³-hybridized carbons (Fsp3) is 0.304. The minimum absolute atomic E-state index is 0.126. The molecule has 1 fully saturated rings. The number of thiazole rings is 1. The Balaban J connectivity index is 1.24. The van der Waals surface area contributed by atoms with E-state index < -0.39 is 0 Å². The van der Waals surface area contributed by atoms with E-state index >= 15 is 0 Å². The van der Waals surface area contributed by atoms with Crippen LogP contribution in [-0.4, -0.2) is 56.5 Å². The van der Waals surface area contributed by atoms with Crippen molar-refractivity contribution in [3.8, 4) is 11.4 Å². The Hall–Kier alpha value is -2.91. The molecule has 3 heterocycles. The molecule has 0 radical (unpaired) electrons. The van der Waals surface area contributed by atoms with Crippen molar-refractivity contribution in [2.45, 2.75) is 23.9 Å². The number of carbonyl (C=O) groups is 1. The van der Waals surface area contributed by atoms with Gasteiger partial charge in [-0.05, 0) is 37.1 Å². The number of nitrogens with zero attached hydrogens (tertiary/aromatic N) is 5. The molecule has 4 aromatic rings. The lowest BCUT2D eigenvalue weighted by Crippen LogP contribution is -2.40. The standard InChI is InChI=1S/C23H23N5O2S2/c1-30-18-8-4-7-17(12-18)28-15-24-26-23(28)31-14-21(29)27-11-5-6-16(13-27)22-25-19-9-2-3-10-20(19)32-22/h2-4,7-10,12,15-16H,5-6,11,13-14H2,1H3/t16-/m1/s1. The van der Waals surface area contributed by atoms with Crippen LogP contribution in [0, 0.1) is 0 Å². The third-order valence-electron chi connectivity index (χ3n) is 5.61. The molecule has 9 heteroatoms. The number of ether oxygens (including phenoxy) is 1. The molecule has 164 valence electrons. The maximum Gasteiger partial charge on any atom is 0.233 e. The molecule has 7 nitrogen and oxygen atoms in total. The fourth-order valence-corrected chi connectivity index (χ4v) is 5.87. The maximum atomic E-state index is 13.0. The van der Waals surface area contributed by atoms with Crippen LogP contribution < -0.4 is 4.74 Å². The van der Waals surface area contributed by atoms with Gasteiger partial charge < -0.3 is 9.64 Å². The molecule has 1 aliphatic heterocycles. The second-order valence-corrected chi connectivity index (χ2v) is 9.68. The smallest absolute Gasteiger partial charge is 0.233 e. The number of para-hydroxylation sites is 1. The Kier molecular flexibility index (Phi) is 6.09. The molecule has 0 aliphatic carbocycles. The van der Waals surface area contributed by atoms with Gasteiger partial charge in [-0.1, -0.05) is 30.0 Å². The molecule has 2 aromatic carbocycles. The number of aromatic nitrogens is 4. The minimum Gasteiger partial charge on any atom is -0.497 e. The van der Waals surface area contributed by atoms with Gasteiger partial charge in [-0.2, -0.15) is 0 Å². The average Bonchev–Trinajstić information content (AvgIpc) is 3.49.